The summed E-state index contributed by atoms with van der Waals surface area (Å²) >= 11 is 0. The van der Waals surface area contributed by atoms with Crippen molar-refractivity contribution in [3.8, 4) is 5.75 Å². The van der Waals surface area contributed by atoms with Gasteiger partial charge in [-0.15, -0.1) is 0 Å². The summed E-state index contributed by atoms with van der Waals surface area (Å²) in [6.45, 7) is 15.2. The summed E-state index contributed by atoms with van der Waals surface area (Å²) in [5.41, 5.74) is 2.03. The SMILES string of the molecule is CCN(CC)CC(CNc1cc(OC)cc2cccnc12)N(CC)CC. The highest BCUT2D eigenvalue weighted by Gasteiger charge is 2.19. The van der Waals surface area contributed by atoms with Crippen LogP contribution in [0.1, 0.15) is 27.7 Å². The van der Waals surface area contributed by atoms with E-state index in [1.165, 1.54) is 0 Å². The lowest BCUT2D eigenvalue weighted by atomic mass is 10.1. The number of ether oxygens (including phenoxy) is 1. The largest absolute Gasteiger partial charge is 0.497 e. The quantitative estimate of drug-likeness (QED) is 0.663. The fourth-order valence-corrected chi connectivity index (χ4v) is 3.47. The molecule has 0 aliphatic carbocycles. The summed E-state index contributed by atoms with van der Waals surface area (Å²) in [7, 11) is 1.71. The Labute approximate surface area is 158 Å². The van der Waals surface area contributed by atoms with Crippen molar-refractivity contribution >= 4 is 16.6 Å². The number of pyridine rings is 1. The lowest BCUT2D eigenvalue weighted by molar-refractivity contribution is 0.162. The molecule has 1 unspecified atom stereocenters. The molecule has 0 fully saturated rings. The van der Waals surface area contributed by atoms with Crippen molar-refractivity contribution in [2.24, 2.45) is 0 Å². The van der Waals surface area contributed by atoms with Crippen LogP contribution >= 0.6 is 0 Å². The summed E-state index contributed by atoms with van der Waals surface area (Å²) in [5.74, 6) is 0.858. The van der Waals surface area contributed by atoms with E-state index in [1.54, 1.807) is 7.11 Å². The van der Waals surface area contributed by atoms with E-state index in [2.05, 4.69) is 53.9 Å². The third-order valence-corrected chi connectivity index (χ3v) is 5.13. The molecule has 0 aliphatic rings. The number of likely N-dealkylation sites (N-methyl/N-ethyl adjacent to an activating group) is 2. The van der Waals surface area contributed by atoms with Gasteiger partial charge in [-0.2, -0.15) is 0 Å². The van der Waals surface area contributed by atoms with Gasteiger partial charge in [-0.3, -0.25) is 9.88 Å². The lowest BCUT2D eigenvalue weighted by Crippen LogP contribution is -2.47. The second-order valence-electron chi connectivity index (χ2n) is 6.49. The van der Waals surface area contributed by atoms with E-state index in [0.29, 0.717) is 6.04 Å². The predicted octanol–water partition coefficient (Wildman–Crippen LogP) is 3.71. The molecule has 0 radical (unpaired) electrons. The Morgan fingerprint density at radius 3 is 2.42 bits per heavy atom. The van der Waals surface area contributed by atoms with Gasteiger partial charge in [0.1, 0.15) is 5.75 Å². The van der Waals surface area contributed by atoms with Crippen LogP contribution in [0.5, 0.6) is 5.75 Å². The van der Waals surface area contributed by atoms with E-state index < -0.39 is 0 Å². The van der Waals surface area contributed by atoms with Gasteiger partial charge in [-0.25, -0.2) is 0 Å². The van der Waals surface area contributed by atoms with Gasteiger partial charge in [0, 0.05) is 36.8 Å². The molecule has 0 spiro atoms. The van der Waals surface area contributed by atoms with Gasteiger partial charge in [0.25, 0.3) is 0 Å². The van der Waals surface area contributed by atoms with Crippen LogP contribution in [0.2, 0.25) is 0 Å². The first-order valence-corrected chi connectivity index (χ1v) is 9.79. The van der Waals surface area contributed by atoms with Crippen LogP contribution in [0.25, 0.3) is 10.9 Å². The molecule has 5 heteroatoms. The van der Waals surface area contributed by atoms with Crippen LogP contribution in [0.4, 0.5) is 5.69 Å². The molecule has 26 heavy (non-hydrogen) atoms. The maximum Gasteiger partial charge on any atom is 0.121 e. The average molecular weight is 359 g/mol. The molecular weight excluding hydrogens is 324 g/mol. The Bertz CT molecular complexity index is 668. The molecule has 1 aromatic carbocycles. The van der Waals surface area contributed by atoms with Crippen molar-refractivity contribution in [2.45, 2.75) is 33.7 Å². The predicted molar refractivity (Wildman–Crippen MR) is 111 cm³/mol. The molecular formula is C21H34N4O. The molecule has 1 atom stereocenters. The molecule has 5 nitrogen and oxygen atoms in total. The molecule has 2 rings (SSSR count). The molecule has 0 bridgehead atoms. The van der Waals surface area contributed by atoms with Crippen molar-refractivity contribution < 1.29 is 4.74 Å². The third kappa shape index (κ3) is 5.08. The molecule has 1 N–H and O–H groups in total. The van der Waals surface area contributed by atoms with E-state index in [-0.39, 0.29) is 0 Å². The Balaban J connectivity index is 2.23. The number of rotatable bonds is 11. The highest BCUT2D eigenvalue weighted by atomic mass is 16.5. The number of methoxy groups -OCH3 is 1. The fourth-order valence-electron chi connectivity index (χ4n) is 3.47. The second kappa shape index (κ2) is 10.3. The van der Waals surface area contributed by atoms with Gasteiger partial charge in [-0.1, -0.05) is 33.8 Å². The highest BCUT2D eigenvalue weighted by molar-refractivity contribution is 5.91. The Kier molecular flexibility index (Phi) is 8.13. The van der Waals surface area contributed by atoms with Crippen LogP contribution < -0.4 is 10.1 Å². The highest BCUT2D eigenvalue weighted by Crippen LogP contribution is 2.27. The standard InChI is InChI=1S/C21H34N4O/c1-6-24(7-2)16-18(25(8-3)9-4)15-23-20-14-19(26-5)13-17-11-10-12-22-21(17)20/h10-14,18,23H,6-9,15-16H2,1-5H3. The summed E-state index contributed by atoms with van der Waals surface area (Å²) in [6.07, 6.45) is 1.85. The molecule has 0 aliphatic heterocycles. The molecule has 1 aromatic heterocycles. The zero-order chi connectivity index (χ0) is 18.9. The van der Waals surface area contributed by atoms with E-state index in [9.17, 15) is 0 Å². The monoisotopic (exact) mass is 358 g/mol. The van der Waals surface area contributed by atoms with Crippen molar-refractivity contribution in [3.05, 3.63) is 30.5 Å². The molecule has 0 amide bonds. The molecule has 0 saturated carbocycles. The zero-order valence-electron chi connectivity index (χ0n) is 17.0. The Morgan fingerprint density at radius 2 is 1.81 bits per heavy atom. The number of aromatic nitrogens is 1. The number of hydrogen-bond donors (Lipinski definition) is 1. The van der Waals surface area contributed by atoms with Crippen LogP contribution in [-0.4, -0.2) is 67.2 Å². The topological polar surface area (TPSA) is 40.6 Å². The maximum absolute atomic E-state index is 5.47. The van der Waals surface area contributed by atoms with Crippen LogP contribution in [0.3, 0.4) is 0 Å². The van der Waals surface area contributed by atoms with Crippen LogP contribution in [-0.2, 0) is 0 Å². The second-order valence-corrected chi connectivity index (χ2v) is 6.49. The maximum atomic E-state index is 5.47. The molecule has 1 heterocycles. The van der Waals surface area contributed by atoms with Gasteiger partial charge >= 0.3 is 0 Å². The minimum Gasteiger partial charge on any atom is -0.497 e. The molecule has 2 aromatic rings. The average Bonchev–Trinajstić information content (AvgIpc) is 2.69. The number of anilines is 1. The van der Waals surface area contributed by atoms with Crippen molar-refractivity contribution in [3.63, 3.8) is 0 Å². The first kappa shape index (κ1) is 20.5. The van der Waals surface area contributed by atoms with Crippen LogP contribution in [0, 0.1) is 0 Å². The Morgan fingerprint density at radius 1 is 1.08 bits per heavy atom. The van der Waals surface area contributed by atoms with E-state index in [1.807, 2.05) is 24.4 Å². The minimum absolute atomic E-state index is 0.454. The zero-order valence-corrected chi connectivity index (χ0v) is 17.0. The summed E-state index contributed by atoms with van der Waals surface area (Å²) < 4.78 is 5.47. The van der Waals surface area contributed by atoms with Gasteiger partial charge in [0.15, 0.2) is 0 Å². The van der Waals surface area contributed by atoms with Crippen LogP contribution in [0.15, 0.2) is 30.5 Å². The summed E-state index contributed by atoms with van der Waals surface area (Å²) in [5, 5.41) is 4.75. The number of nitrogens with one attached hydrogen (secondary N) is 1. The van der Waals surface area contributed by atoms with E-state index in [4.69, 9.17) is 4.74 Å². The minimum atomic E-state index is 0.454. The summed E-state index contributed by atoms with van der Waals surface area (Å²) in [4.78, 5) is 9.59. The number of hydrogen-bond acceptors (Lipinski definition) is 5. The van der Waals surface area contributed by atoms with Crippen molar-refractivity contribution in [1.29, 1.82) is 0 Å². The first-order chi connectivity index (χ1) is 12.7. The van der Waals surface area contributed by atoms with Crippen molar-refractivity contribution in [2.75, 3.05) is 51.7 Å². The van der Waals surface area contributed by atoms with Gasteiger partial charge < -0.3 is 15.0 Å². The summed E-state index contributed by atoms with van der Waals surface area (Å²) in [6, 6.07) is 8.57. The smallest absolute Gasteiger partial charge is 0.121 e. The molecule has 144 valence electrons. The number of benzene rings is 1. The van der Waals surface area contributed by atoms with Gasteiger partial charge in [0.05, 0.1) is 18.3 Å². The number of nitrogens with zero attached hydrogens (tertiary/aromatic N) is 3. The third-order valence-electron chi connectivity index (χ3n) is 5.13. The first-order valence-electron chi connectivity index (χ1n) is 9.79. The Hall–Kier alpha value is -1.85. The van der Waals surface area contributed by atoms with Gasteiger partial charge in [-0.05, 0) is 38.3 Å². The van der Waals surface area contributed by atoms with Gasteiger partial charge in [0.2, 0.25) is 0 Å². The number of fused-ring (bicyclic) bond motifs is 1. The van der Waals surface area contributed by atoms with E-state index in [0.717, 1.165) is 61.6 Å². The normalized spacial score (nSPS) is 12.7. The van der Waals surface area contributed by atoms with E-state index >= 15 is 0 Å². The molecule has 0 saturated heterocycles. The lowest BCUT2D eigenvalue weighted by Gasteiger charge is -2.34. The van der Waals surface area contributed by atoms with Crippen molar-refractivity contribution in [1.82, 2.24) is 14.8 Å². The fraction of sp³-hybridized carbons (Fsp3) is 0.571.